The number of amides is 1. The number of hydrogen-bond acceptors (Lipinski definition) is 7. The van der Waals surface area contributed by atoms with Gasteiger partial charge in [0.1, 0.15) is 17.5 Å². The van der Waals surface area contributed by atoms with E-state index in [0.717, 1.165) is 43.7 Å². The summed E-state index contributed by atoms with van der Waals surface area (Å²) in [4.78, 5) is 26.0. The molecule has 3 heterocycles. The summed E-state index contributed by atoms with van der Waals surface area (Å²) in [5, 5.41) is 3.01. The number of para-hydroxylation sites is 1. The molecule has 0 saturated carbocycles. The second-order valence-electron chi connectivity index (χ2n) is 8.29. The molecule has 1 aromatic carbocycles. The highest BCUT2D eigenvalue weighted by atomic mass is 19.3. The lowest BCUT2D eigenvalue weighted by Crippen LogP contribution is -2.44. The quantitative estimate of drug-likeness (QED) is 0.511. The van der Waals surface area contributed by atoms with Crippen molar-refractivity contribution in [1.82, 2.24) is 14.9 Å². The number of carbonyl (C=O) groups is 1. The van der Waals surface area contributed by atoms with Gasteiger partial charge in [-0.05, 0) is 43.4 Å². The lowest BCUT2D eigenvalue weighted by atomic mass is 10.2. The lowest BCUT2D eigenvalue weighted by molar-refractivity contribution is 0.0290. The number of nitrogens with two attached hydrogens (primary N) is 1. The molecule has 1 aliphatic heterocycles. The molecule has 4 rings (SSSR count). The Bertz CT molecular complexity index is 1130. The average molecular weight is 468 g/mol. The zero-order valence-electron chi connectivity index (χ0n) is 19.1. The third kappa shape index (κ3) is 5.40. The predicted octanol–water partition coefficient (Wildman–Crippen LogP) is 3.82. The van der Waals surface area contributed by atoms with Gasteiger partial charge >= 0.3 is 6.05 Å². The van der Waals surface area contributed by atoms with E-state index in [1.165, 1.54) is 12.1 Å². The number of benzene rings is 1. The van der Waals surface area contributed by atoms with Crippen LogP contribution in [0.4, 0.5) is 37.6 Å². The minimum absolute atomic E-state index is 0.0479. The molecular weight excluding hydrogens is 440 g/mol. The molecule has 1 saturated heterocycles. The van der Waals surface area contributed by atoms with E-state index >= 15 is 0 Å². The zero-order valence-corrected chi connectivity index (χ0v) is 19.1. The van der Waals surface area contributed by atoms with Crippen LogP contribution in [0.1, 0.15) is 17.3 Å². The third-order valence-corrected chi connectivity index (χ3v) is 5.60. The maximum absolute atomic E-state index is 14.6. The average Bonchev–Trinajstić information content (AvgIpc) is 2.80. The lowest BCUT2D eigenvalue weighted by Gasteiger charge is -2.33. The first-order chi connectivity index (χ1) is 16.2. The normalized spacial score (nSPS) is 14.6. The van der Waals surface area contributed by atoms with Gasteiger partial charge in [0.2, 0.25) is 5.91 Å². The van der Waals surface area contributed by atoms with E-state index in [4.69, 9.17) is 5.73 Å². The Kier molecular flexibility index (Phi) is 6.60. The fraction of sp³-hybridized carbons (Fsp3) is 0.292. The predicted molar refractivity (Wildman–Crippen MR) is 129 cm³/mol. The number of pyridine rings is 2. The van der Waals surface area contributed by atoms with Crippen LogP contribution >= 0.6 is 0 Å². The highest BCUT2D eigenvalue weighted by molar-refractivity contribution is 5.94. The summed E-state index contributed by atoms with van der Waals surface area (Å²) in [6, 6.07) is 11.2. The van der Waals surface area contributed by atoms with E-state index in [9.17, 15) is 13.6 Å². The standard InChI is InChI=1S/C24H27F2N7O/c1-24(25,26)33(18-6-4-3-5-7-18)22-15-17(23(27)34)14-21(30-22)29-20-9-8-19(16-28-20)32-12-10-31(2)11-13-32/h3-9,14-16H,10-13H2,1-2H3,(H2,27,34)(H,28,29,30). The van der Waals surface area contributed by atoms with Gasteiger partial charge in [-0.15, -0.1) is 0 Å². The van der Waals surface area contributed by atoms with Crippen molar-refractivity contribution >= 4 is 34.7 Å². The van der Waals surface area contributed by atoms with Gasteiger partial charge in [0.25, 0.3) is 0 Å². The van der Waals surface area contributed by atoms with Crippen molar-refractivity contribution in [2.75, 3.05) is 48.3 Å². The Morgan fingerprint density at radius 2 is 1.76 bits per heavy atom. The number of primary amides is 1. The molecule has 1 fully saturated rings. The molecule has 8 nitrogen and oxygen atoms in total. The minimum atomic E-state index is -3.29. The van der Waals surface area contributed by atoms with Crippen LogP contribution in [0.5, 0.6) is 0 Å². The summed E-state index contributed by atoms with van der Waals surface area (Å²) in [5.74, 6) is -0.229. The van der Waals surface area contributed by atoms with E-state index in [1.54, 1.807) is 42.6 Å². The number of likely N-dealkylation sites (N-methyl/N-ethyl adjacent to an activating group) is 1. The second-order valence-corrected chi connectivity index (χ2v) is 8.29. The minimum Gasteiger partial charge on any atom is -0.368 e. The number of alkyl halides is 2. The number of piperazine rings is 1. The Labute approximate surface area is 197 Å². The maximum atomic E-state index is 14.6. The Morgan fingerprint density at radius 1 is 1.06 bits per heavy atom. The van der Waals surface area contributed by atoms with Crippen molar-refractivity contribution in [2.45, 2.75) is 13.0 Å². The van der Waals surface area contributed by atoms with Gasteiger partial charge in [-0.25, -0.2) is 9.97 Å². The van der Waals surface area contributed by atoms with Gasteiger partial charge in [0, 0.05) is 44.4 Å². The smallest absolute Gasteiger partial charge is 0.328 e. The molecule has 3 N–H and O–H groups in total. The van der Waals surface area contributed by atoms with Gasteiger partial charge in [0.15, 0.2) is 0 Å². The molecule has 0 bridgehead atoms. The molecule has 0 radical (unpaired) electrons. The molecule has 0 atom stereocenters. The summed E-state index contributed by atoms with van der Waals surface area (Å²) in [7, 11) is 2.09. The van der Waals surface area contributed by atoms with Crippen molar-refractivity contribution in [1.29, 1.82) is 0 Å². The first kappa shape index (κ1) is 23.4. The van der Waals surface area contributed by atoms with Crippen LogP contribution in [-0.2, 0) is 0 Å². The van der Waals surface area contributed by atoms with Gasteiger partial charge in [0.05, 0.1) is 11.9 Å². The van der Waals surface area contributed by atoms with Crippen LogP contribution in [0.15, 0.2) is 60.8 Å². The number of nitrogens with zero attached hydrogens (tertiary/aromatic N) is 5. The van der Waals surface area contributed by atoms with Crippen LogP contribution in [-0.4, -0.2) is 60.0 Å². The summed E-state index contributed by atoms with van der Waals surface area (Å²) < 4.78 is 29.2. The van der Waals surface area contributed by atoms with Crippen LogP contribution < -0.4 is 20.9 Å². The van der Waals surface area contributed by atoms with Crippen LogP contribution in [0.25, 0.3) is 0 Å². The van der Waals surface area contributed by atoms with Crippen molar-refractivity contribution < 1.29 is 13.6 Å². The van der Waals surface area contributed by atoms with Crippen molar-refractivity contribution in [3.05, 3.63) is 66.4 Å². The SMILES string of the molecule is CN1CCN(c2ccc(Nc3cc(C(N)=O)cc(N(c4ccccc4)C(C)(F)F)n3)nc2)CC1. The molecular formula is C24H27F2N7O. The number of hydrogen-bond donors (Lipinski definition) is 2. The summed E-state index contributed by atoms with van der Waals surface area (Å²) in [6.07, 6.45) is 1.75. The topological polar surface area (TPSA) is 90.6 Å². The van der Waals surface area contributed by atoms with Gasteiger partial charge in [-0.3, -0.25) is 9.69 Å². The number of aromatic nitrogens is 2. The van der Waals surface area contributed by atoms with Crippen molar-refractivity contribution in [3.8, 4) is 0 Å². The fourth-order valence-corrected chi connectivity index (χ4v) is 3.82. The molecule has 1 amide bonds. The highest BCUT2D eigenvalue weighted by Crippen LogP contribution is 2.35. The number of carbonyl (C=O) groups excluding carboxylic acids is 1. The number of nitrogens with one attached hydrogen (secondary N) is 1. The highest BCUT2D eigenvalue weighted by Gasteiger charge is 2.34. The summed E-state index contributed by atoms with van der Waals surface area (Å²) in [5.41, 5.74) is 6.75. The first-order valence-corrected chi connectivity index (χ1v) is 10.9. The Hall–Kier alpha value is -3.79. The van der Waals surface area contributed by atoms with Gasteiger partial charge in [-0.1, -0.05) is 18.2 Å². The molecule has 1 aliphatic rings. The third-order valence-electron chi connectivity index (χ3n) is 5.60. The van der Waals surface area contributed by atoms with E-state index in [0.29, 0.717) is 5.82 Å². The molecule has 10 heteroatoms. The molecule has 0 spiro atoms. The van der Waals surface area contributed by atoms with Crippen LogP contribution in [0.2, 0.25) is 0 Å². The number of rotatable bonds is 7. The van der Waals surface area contributed by atoms with Crippen LogP contribution in [0, 0.1) is 0 Å². The second kappa shape index (κ2) is 9.60. The molecule has 3 aromatic rings. The van der Waals surface area contributed by atoms with Gasteiger partial charge < -0.3 is 20.9 Å². The Morgan fingerprint density at radius 3 is 2.35 bits per heavy atom. The van der Waals surface area contributed by atoms with Gasteiger partial charge in [-0.2, -0.15) is 8.78 Å². The molecule has 0 unspecified atom stereocenters. The van der Waals surface area contributed by atoms with E-state index in [2.05, 4.69) is 32.1 Å². The summed E-state index contributed by atoms with van der Waals surface area (Å²) in [6.45, 7) is 4.55. The number of anilines is 5. The molecule has 2 aromatic heterocycles. The largest absolute Gasteiger partial charge is 0.368 e. The number of halogens is 2. The molecule has 178 valence electrons. The summed E-state index contributed by atoms with van der Waals surface area (Å²) >= 11 is 0. The van der Waals surface area contributed by atoms with Crippen molar-refractivity contribution in [2.24, 2.45) is 5.73 Å². The zero-order chi connectivity index (χ0) is 24.3. The fourth-order valence-electron chi connectivity index (χ4n) is 3.82. The van der Waals surface area contributed by atoms with E-state index < -0.39 is 12.0 Å². The molecule has 34 heavy (non-hydrogen) atoms. The van der Waals surface area contributed by atoms with Crippen molar-refractivity contribution in [3.63, 3.8) is 0 Å². The van der Waals surface area contributed by atoms with E-state index in [-0.39, 0.29) is 22.9 Å². The monoisotopic (exact) mass is 467 g/mol. The van der Waals surface area contributed by atoms with Crippen LogP contribution in [0.3, 0.4) is 0 Å². The molecule has 0 aliphatic carbocycles. The first-order valence-electron chi connectivity index (χ1n) is 10.9. The Balaban J connectivity index is 1.63. The maximum Gasteiger partial charge on any atom is 0.328 e. The van der Waals surface area contributed by atoms with E-state index in [1.807, 2.05) is 6.07 Å².